The van der Waals surface area contributed by atoms with Crippen LogP contribution in [0.1, 0.15) is 22.6 Å². The summed E-state index contributed by atoms with van der Waals surface area (Å²) in [4.78, 5) is 25.6. The second-order valence-corrected chi connectivity index (χ2v) is 7.43. The molecule has 4 aromatic rings. The highest BCUT2D eigenvalue weighted by molar-refractivity contribution is 5.90. The number of hydrogen-bond acceptors (Lipinski definition) is 3. The zero-order valence-corrected chi connectivity index (χ0v) is 15.8. The Morgan fingerprint density at radius 3 is 2.68 bits per heavy atom. The molecule has 2 aromatic carbocycles. The third-order valence-electron chi connectivity index (χ3n) is 5.53. The van der Waals surface area contributed by atoms with Gasteiger partial charge in [-0.05, 0) is 30.5 Å². The van der Waals surface area contributed by atoms with Crippen LogP contribution in [0, 0.1) is 6.92 Å². The normalized spacial score (nSPS) is 14.3. The van der Waals surface area contributed by atoms with E-state index in [2.05, 4.69) is 68.4 Å². The van der Waals surface area contributed by atoms with E-state index in [4.69, 9.17) is 0 Å². The first kappa shape index (κ1) is 17.0. The van der Waals surface area contributed by atoms with Crippen molar-refractivity contribution in [2.45, 2.75) is 26.4 Å². The second kappa shape index (κ2) is 6.77. The third kappa shape index (κ3) is 2.94. The molecule has 0 fully saturated rings. The molecule has 0 unspecified atom stereocenters. The van der Waals surface area contributed by atoms with Gasteiger partial charge in [-0.15, -0.1) is 0 Å². The molecule has 140 valence electrons. The molecule has 1 aliphatic rings. The molecule has 0 saturated heterocycles. The predicted octanol–water partition coefficient (Wildman–Crippen LogP) is 3.78. The first-order valence-electron chi connectivity index (χ1n) is 9.65. The van der Waals surface area contributed by atoms with Crippen LogP contribution in [0.4, 0.5) is 0 Å². The molecule has 2 aromatic heterocycles. The van der Waals surface area contributed by atoms with Crippen LogP contribution >= 0.6 is 0 Å². The van der Waals surface area contributed by atoms with E-state index in [1.165, 1.54) is 22.2 Å². The molecule has 2 N–H and O–H groups in total. The summed E-state index contributed by atoms with van der Waals surface area (Å²) in [5.41, 5.74) is 6.57. The van der Waals surface area contributed by atoms with Gasteiger partial charge >= 0.3 is 0 Å². The lowest BCUT2D eigenvalue weighted by atomic mass is 10.0. The first-order valence-corrected chi connectivity index (χ1v) is 9.65. The van der Waals surface area contributed by atoms with E-state index in [-0.39, 0.29) is 5.56 Å². The number of hydrogen-bond donors (Lipinski definition) is 2. The summed E-state index contributed by atoms with van der Waals surface area (Å²) in [5.74, 6) is 0.683. The Bertz CT molecular complexity index is 1210. The quantitative estimate of drug-likeness (QED) is 0.577. The second-order valence-electron chi connectivity index (χ2n) is 7.43. The Labute approximate surface area is 163 Å². The highest BCUT2D eigenvalue weighted by Gasteiger charge is 2.23. The fourth-order valence-electron chi connectivity index (χ4n) is 4.19. The topological polar surface area (TPSA) is 64.8 Å². The van der Waals surface area contributed by atoms with Crippen LogP contribution in [-0.2, 0) is 19.5 Å². The van der Waals surface area contributed by atoms with Gasteiger partial charge in [-0.3, -0.25) is 9.69 Å². The van der Waals surface area contributed by atoms with Crippen LogP contribution in [0.3, 0.4) is 0 Å². The van der Waals surface area contributed by atoms with Crippen molar-refractivity contribution in [2.75, 3.05) is 6.54 Å². The van der Waals surface area contributed by atoms with Gasteiger partial charge in [0.15, 0.2) is 0 Å². The van der Waals surface area contributed by atoms with Crippen molar-refractivity contribution in [1.29, 1.82) is 0 Å². The maximum Gasteiger partial charge on any atom is 0.254 e. The summed E-state index contributed by atoms with van der Waals surface area (Å²) in [5, 5.41) is 1.25. The van der Waals surface area contributed by atoms with Gasteiger partial charge in [0.25, 0.3) is 5.56 Å². The predicted molar refractivity (Wildman–Crippen MR) is 111 cm³/mol. The molecule has 0 bridgehead atoms. The number of aromatic nitrogens is 3. The van der Waals surface area contributed by atoms with Gasteiger partial charge < -0.3 is 9.97 Å². The van der Waals surface area contributed by atoms with Crippen molar-refractivity contribution in [2.24, 2.45) is 0 Å². The lowest BCUT2D eigenvalue weighted by Gasteiger charge is -2.28. The summed E-state index contributed by atoms with van der Waals surface area (Å²) in [6.45, 7) is 4.22. The molecule has 0 aliphatic carbocycles. The Hall–Kier alpha value is -3.18. The van der Waals surface area contributed by atoms with Gasteiger partial charge in [0, 0.05) is 36.1 Å². The van der Waals surface area contributed by atoms with Crippen LogP contribution < -0.4 is 5.56 Å². The number of nitrogens with one attached hydrogen (secondary N) is 2. The molecule has 0 atom stereocenters. The highest BCUT2D eigenvalue weighted by atomic mass is 16.1. The Balaban J connectivity index is 1.54. The van der Waals surface area contributed by atoms with Gasteiger partial charge in [0.05, 0.1) is 11.4 Å². The Morgan fingerprint density at radius 1 is 1.04 bits per heavy atom. The summed E-state index contributed by atoms with van der Waals surface area (Å²) in [6.07, 6.45) is 0.737. The fourth-order valence-corrected chi connectivity index (χ4v) is 4.19. The molecule has 0 spiro atoms. The molecule has 0 radical (unpaired) electrons. The fraction of sp³-hybridized carbons (Fsp3) is 0.217. The molecular formula is C23H22N4O. The van der Waals surface area contributed by atoms with E-state index in [9.17, 15) is 4.79 Å². The summed E-state index contributed by atoms with van der Waals surface area (Å²) in [6, 6.07) is 18.9. The summed E-state index contributed by atoms with van der Waals surface area (Å²) in [7, 11) is 0. The van der Waals surface area contributed by atoms with Gasteiger partial charge in [-0.1, -0.05) is 48.5 Å². The molecule has 0 amide bonds. The number of para-hydroxylation sites is 1. The monoisotopic (exact) mass is 370 g/mol. The molecule has 3 heterocycles. The van der Waals surface area contributed by atoms with Crippen LogP contribution in [-0.4, -0.2) is 26.4 Å². The van der Waals surface area contributed by atoms with Crippen molar-refractivity contribution in [3.8, 4) is 11.3 Å². The van der Waals surface area contributed by atoms with Gasteiger partial charge in [0.2, 0.25) is 0 Å². The van der Waals surface area contributed by atoms with E-state index in [0.717, 1.165) is 36.3 Å². The number of fused-ring (bicyclic) bond motifs is 2. The van der Waals surface area contributed by atoms with E-state index >= 15 is 0 Å². The van der Waals surface area contributed by atoms with Crippen LogP contribution in [0.2, 0.25) is 0 Å². The number of benzene rings is 2. The molecule has 5 rings (SSSR count). The summed E-state index contributed by atoms with van der Waals surface area (Å²) >= 11 is 0. The number of H-pyrrole nitrogens is 2. The number of aryl methyl sites for hydroxylation is 1. The Kier molecular flexibility index (Phi) is 4.10. The highest BCUT2D eigenvalue weighted by Crippen LogP contribution is 2.32. The first-order chi connectivity index (χ1) is 13.7. The minimum absolute atomic E-state index is 0.0132. The summed E-state index contributed by atoms with van der Waals surface area (Å²) < 4.78 is 0. The molecule has 5 nitrogen and oxygen atoms in total. The molecular weight excluding hydrogens is 348 g/mol. The number of rotatable bonds is 3. The smallest absolute Gasteiger partial charge is 0.254 e. The standard InChI is InChI=1S/C23H22N4O/c1-15-24-21-14-27(12-11-18(21)23(28)25-15)13-19-17-9-5-6-10-20(17)26-22(19)16-7-3-2-4-8-16/h2-10,26H,11-14H2,1H3,(H,24,25,28). The van der Waals surface area contributed by atoms with Crippen LogP contribution in [0.15, 0.2) is 59.4 Å². The van der Waals surface area contributed by atoms with Crippen molar-refractivity contribution in [3.63, 3.8) is 0 Å². The molecule has 1 aliphatic heterocycles. The SMILES string of the molecule is Cc1nc2c(c(=O)[nH]1)CCN(Cc1c(-c3ccccc3)[nH]c3ccccc13)C2. The molecule has 0 saturated carbocycles. The van der Waals surface area contributed by atoms with Gasteiger partial charge in [0.1, 0.15) is 5.82 Å². The van der Waals surface area contributed by atoms with E-state index in [1.54, 1.807) is 0 Å². The average Bonchev–Trinajstić information content (AvgIpc) is 3.07. The van der Waals surface area contributed by atoms with Crippen molar-refractivity contribution >= 4 is 10.9 Å². The number of nitrogens with zero attached hydrogens (tertiary/aromatic N) is 2. The Morgan fingerprint density at radius 2 is 1.82 bits per heavy atom. The number of aromatic amines is 2. The van der Waals surface area contributed by atoms with Crippen LogP contribution in [0.5, 0.6) is 0 Å². The van der Waals surface area contributed by atoms with Gasteiger partial charge in [-0.25, -0.2) is 4.98 Å². The average molecular weight is 370 g/mol. The minimum atomic E-state index is 0.0132. The zero-order valence-electron chi connectivity index (χ0n) is 15.8. The van der Waals surface area contributed by atoms with E-state index in [0.29, 0.717) is 12.4 Å². The van der Waals surface area contributed by atoms with E-state index in [1.807, 2.05) is 13.0 Å². The maximum atomic E-state index is 12.2. The van der Waals surface area contributed by atoms with Gasteiger partial charge in [-0.2, -0.15) is 0 Å². The van der Waals surface area contributed by atoms with Crippen molar-refractivity contribution in [3.05, 3.63) is 87.6 Å². The van der Waals surface area contributed by atoms with Crippen molar-refractivity contribution in [1.82, 2.24) is 19.9 Å². The zero-order chi connectivity index (χ0) is 19.1. The van der Waals surface area contributed by atoms with Crippen LogP contribution in [0.25, 0.3) is 22.2 Å². The largest absolute Gasteiger partial charge is 0.354 e. The van der Waals surface area contributed by atoms with E-state index < -0.39 is 0 Å². The minimum Gasteiger partial charge on any atom is -0.354 e. The molecule has 28 heavy (non-hydrogen) atoms. The lowest BCUT2D eigenvalue weighted by molar-refractivity contribution is 0.241. The third-order valence-corrected chi connectivity index (χ3v) is 5.53. The lowest BCUT2D eigenvalue weighted by Crippen LogP contribution is -2.35. The van der Waals surface area contributed by atoms with Crippen molar-refractivity contribution < 1.29 is 0 Å². The maximum absolute atomic E-state index is 12.2. The molecule has 5 heteroatoms.